The van der Waals surface area contributed by atoms with E-state index in [2.05, 4.69) is 4.90 Å². The van der Waals surface area contributed by atoms with Gasteiger partial charge in [-0.2, -0.15) is 0 Å². The number of methoxy groups -OCH3 is 1. The van der Waals surface area contributed by atoms with Crippen LogP contribution in [-0.4, -0.2) is 49.2 Å². The van der Waals surface area contributed by atoms with E-state index in [0.29, 0.717) is 18.0 Å². The van der Waals surface area contributed by atoms with Crippen molar-refractivity contribution in [2.45, 2.75) is 37.5 Å². The first-order valence-corrected chi connectivity index (χ1v) is 7.67. The molecule has 22 heavy (non-hydrogen) atoms. The Kier molecular flexibility index (Phi) is 4.16. The summed E-state index contributed by atoms with van der Waals surface area (Å²) in [5, 5.41) is 0. The van der Waals surface area contributed by atoms with Crippen molar-refractivity contribution >= 4 is 11.9 Å². The summed E-state index contributed by atoms with van der Waals surface area (Å²) >= 11 is 0. The summed E-state index contributed by atoms with van der Waals surface area (Å²) in [7, 11) is 3.42. The van der Waals surface area contributed by atoms with Crippen molar-refractivity contribution in [2.24, 2.45) is 5.92 Å². The Morgan fingerprint density at radius 1 is 1.18 bits per heavy atom. The van der Waals surface area contributed by atoms with Gasteiger partial charge < -0.3 is 9.47 Å². The quantitative estimate of drug-likeness (QED) is 0.798. The van der Waals surface area contributed by atoms with Crippen LogP contribution in [0.4, 0.5) is 0 Å². The van der Waals surface area contributed by atoms with Crippen molar-refractivity contribution in [2.75, 3.05) is 14.2 Å². The number of benzene rings is 1. The number of esters is 2. The van der Waals surface area contributed by atoms with Gasteiger partial charge in [0.15, 0.2) is 0 Å². The van der Waals surface area contributed by atoms with Crippen LogP contribution >= 0.6 is 0 Å². The summed E-state index contributed by atoms with van der Waals surface area (Å²) in [6.45, 7) is 0. The van der Waals surface area contributed by atoms with Crippen LogP contribution < -0.4 is 0 Å². The first kappa shape index (κ1) is 15.0. The highest BCUT2D eigenvalue weighted by Gasteiger charge is 2.50. The Bertz CT molecular complexity index is 559. The molecule has 2 bridgehead atoms. The van der Waals surface area contributed by atoms with E-state index in [1.54, 1.807) is 24.3 Å². The van der Waals surface area contributed by atoms with Crippen LogP contribution in [0.15, 0.2) is 30.3 Å². The molecule has 2 aliphatic rings. The van der Waals surface area contributed by atoms with Gasteiger partial charge in [0.25, 0.3) is 0 Å². The van der Waals surface area contributed by atoms with E-state index < -0.39 is 12.0 Å². The maximum absolute atomic E-state index is 12.3. The standard InChI is InChI=1S/C17H21NO4/c1-18-12-8-9-13(18)15(17(20)21-2)14(10-12)22-16(19)11-6-4-3-5-7-11/h3-7,12-15H,8-10H2,1-2H3/t12-,13-,14-,15-/m1/s1. The fourth-order valence-corrected chi connectivity index (χ4v) is 3.77. The molecule has 5 heteroatoms. The first-order chi connectivity index (χ1) is 10.6. The van der Waals surface area contributed by atoms with E-state index >= 15 is 0 Å². The molecule has 118 valence electrons. The monoisotopic (exact) mass is 303 g/mol. The van der Waals surface area contributed by atoms with Crippen molar-refractivity contribution in [3.63, 3.8) is 0 Å². The lowest BCUT2D eigenvalue weighted by Gasteiger charge is -2.40. The van der Waals surface area contributed by atoms with E-state index in [-0.39, 0.29) is 18.0 Å². The number of hydrogen-bond donors (Lipinski definition) is 0. The molecule has 0 unspecified atom stereocenters. The minimum absolute atomic E-state index is 0.0970. The third-order valence-electron chi connectivity index (χ3n) is 4.96. The lowest BCUT2D eigenvalue weighted by Crippen LogP contribution is -2.53. The summed E-state index contributed by atoms with van der Waals surface area (Å²) < 4.78 is 10.6. The lowest BCUT2D eigenvalue weighted by molar-refractivity contribution is -0.156. The van der Waals surface area contributed by atoms with Crippen molar-refractivity contribution in [1.82, 2.24) is 4.90 Å². The van der Waals surface area contributed by atoms with Gasteiger partial charge in [0.2, 0.25) is 0 Å². The molecule has 2 heterocycles. The summed E-state index contributed by atoms with van der Waals surface area (Å²) in [5.74, 6) is -1.06. The van der Waals surface area contributed by atoms with Crippen molar-refractivity contribution in [1.29, 1.82) is 0 Å². The number of hydrogen-bond acceptors (Lipinski definition) is 5. The largest absolute Gasteiger partial charge is 0.469 e. The van der Waals surface area contributed by atoms with Crippen LogP contribution in [0.3, 0.4) is 0 Å². The zero-order chi connectivity index (χ0) is 15.7. The van der Waals surface area contributed by atoms with Gasteiger partial charge in [-0.3, -0.25) is 9.69 Å². The fraction of sp³-hybridized carbons (Fsp3) is 0.529. The Morgan fingerprint density at radius 3 is 2.59 bits per heavy atom. The van der Waals surface area contributed by atoms with E-state index in [1.807, 2.05) is 13.1 Å². The van der Waals surface area contributed by atoms with Gasteiger partial charge in [-0.25, -0.2) is 4.79 Å². The van der Waals surface area contributed by atoms with Gasteiger partial charge in [0.05, 0.1) is 12.7 Å². The minimum atomic E-state index is -0.408. The van der Waals surface area contributed by atoms with Crippen LogP contribution in [0, 0.1) is 5.92 Å². The van der Waals surface area contributed by atoms with Gasteiger partial charge in [0.1, 0.15) is 12.0 Å². The molecule has 1 aromatic carbocycles. The lowest BCUT2D eigenvalue weighted by atomic mass is 9.87. The van der Waals surface area contributed by atoms with Gasteiger partial charge in [-0.05, 0) is 32.0 Å². The predicted molar refractivity (Wildman–Crippen MR) is 80.3 cm³/mol. The normalized spacial score (nSPS) is 30.8. The number of carbonyl (C=O) groups is 2. The van der Waals surface area contributed by atoms with Crippen molar-refractivity contribution in [3.8, 4) is 0 Å². The molecule has 2 fully saturated rings. The SMILES string of the molecule is COC(=O)[C@@H]1[C@H]2CC[C@H](C[C@H]1OC(=O)c1ccccc1)N2C. The average molecular weight is 303 g/mol. The smallest absolute Gasteiger partial charge is 0.338 e. The number of ether oxygens (including phenoxy) is 2. The highest BCUT2D eigenvalue weighted by atomic mass is 16.6. The molecule has 0 amide bonds. The number of carbonyl (C=O) groups excluding carboxylic acids is 2. The van der Waals surface area contributed by atoms with E-state index in [4.69, 9.17) is 9.47 Å². The topological polar surface area (TPSA) is 55.8 Å². The molecule has 0 radical (unpaired) electrons. The molecule has 0 saturated carbocycles. The predicted octanol–water partition coefficient (Wildman–Crippen LogP) is 1.87. The van der Waals surface area contributed by atoms with Crippen LogP contribution in [0.5, 0.6) is 0 Å². The number of fused-ring (bicyclic) bond motifs is 2. The molecule has 2 saturated heterocycles. The second-order valence-corrected chi connectivity index (χ2v) is 6.06. The zero-order valence-corrected chi connectivity index (χ0v) is 12.9. The van der Waals surface area contributed by atoms with Crippen molar-refractivity contribution < 1.29 is 19.1 Å². The Labute approximate surface area is 130 Å². The van der Waals surface area contributed by atoms with Crippen molar-refractivity contribution in [3.05, 3.63) is 35.9 Å². The Hall–Kier alpha value is -1.88. The van der Waals surface area contributed by atoms with Crippen LogP contribution in [0.2, 0.25) is 0 Å². The van der Waals surface area contributed by atoms with Crippen LogP contribution in [0.25, 0.3) is 0 Å². The van der Waals surface area contributed by atoms with E-state index in [0.717, 1.165) is 12.8 Å². The van der Waals surface area contributed by atoms with Gasteiger partial charge in [-0.1, -0.05) is 18.2 Å². The van der Waals surface area contributed by atoms with Gasteiger partial charge in [0, 0.05) is 18.5 Å². The van der Waals surface area contributed by atoms with Gasteiger partial charge >= 0.3 is 11.9 Å². The second kappa shape index (κ2) is 6.08. The molecule has 0 spiro atoms. The maximum Gasteiger partial charge on any atom is 0.338 e. The summed E-state index contributed by atoms with van der Waals surface area (Å²) in [4.78, 5) is 26.7. The summed E-state index contributed by atoms with van der Waals surface area (Å²) in [5.41, 5.74) is 0.511. The number of nitrogens with zero attached hydrogens (tertiary/aromatic N) is 1. The molecule has 5 nitrogen and oxygen atoms in total. The van der Waals surface area contributed by atoms with E-state index in [9.17, 15) is 9.59 Å². The van der Waals surface area contributed by atoms with Crippen LogP contribution in [-0.2, 0) is 14.3 Å². The third-order valence-corrected chi connectivity index (χ3v) is 4.96. The second-order valence-electron chi connectivity index (χ2n) is 6.06. The molecule has 1 aromatic rings. The Balaban J connectivity index is 1.79. The maximum atomic E-state index is 12.3. The average Bonchev–Trinajstić information content (AvgIpc) is 2.78. The van der Waals surface area contributed by atoms with Crippen LogP contribution in [0.1, 0.15) is 29.6 Å². The number of piperidine rings is 1. The molecule has 0 N–H and O–H groups in total. The zero-order valence-electron chi connectivity index (χ0n) is 12.9. The van der Waals surface area contributed by atoms with E-state index in [1.165, 1.54) is 7.11 Å². The number of rotatable bonds is 3. The Morgan fingerprint density at radius 2 is 1.91 bits per heavy atom. The molecular formula is C17H21NO4. The highest BCUT2D eigenvalue weighted by Crippen LogP contribution is 2.40. The van der Waals surface area contributed by atoms with Gasteiger partial charge in [-0.15, -0.1) is 0 Å². The minimum Gasteiger partial charge on any atom is -0.469 e. The summed E-state index contributed by atoms with van der Waals surface area (Å²) in [6.07, 6.45) is 2.26. The summed E-state index contributed by atoms with van der Waals surface area (Å²) in [6, 6.07) is 9.36. The molecule has 0 aromatic heterocycles. The third kappa shape index (κ3) is 2.61. The molecular weight excluding hydrogens is 282 g/mol. The molecule has 3 rings (SSSR count). The molecule has 0 aliphatic carbocycles. The molecule has 2 aliphatic heterocycles. The molecule has 4 atom stereocenters. The first-order valence-electron chi connectivity index (χ1n) is 7.67. The fourth-order valence-electron chi connectivity index (χ4n) is 3.77. The highest BCUT2D eigenvalue weighted by molar-refractivity contribution is 5.89.